The van der Waals surface area contributed by atoms with E-state index in [1.165, 1.54) is 0 Å². The highest BCUT2D eigenvalue weighted by molar-refractivity contribution is 5.92. The molecule has 1 aliphatic carbocycles. The first-order chi connectivity index (χ1) is 24.6. The van der Waals surface area contributed by atoms with Gasteiger partial charge in [-0.3, -0.25) is 9.59 Å². The normalized spacial score (nSPS) is 19.5. The number of ether oxygens (including phenoxy) is 2. The third-order valence-corrected chi connectivity index (χ3v) is 9.77. The Labute approximate surface area is 292 Å². The lowest BCUT2D eigenvalue weighted by atomic mass is 9.78. The quantitative estimate of drug-likeness (QED) is 0.243. The molecule has 0 spiro atoms. The van der Waals surface area contributed by atoms with E-state index >= 15 is 0 Å². The topological polar surface area (TPSA) is 135 Å². The van der Waals surface area contributed by atoms with Crippen LogP contribution in [0.2, 0.25) is 0 Å². The molecule has 2 N–H and O–H groups in total. The van der Waals surface area contributed by atoms with Crippen molar-refractivity contribution < 1.29 is 19.1 Å². The molecule has 12 heteroatoms. The molecule has 260 valence electrons. The predicted octanol–water partition coefficient (Wildman–Crippen LogP) is 4.74. The number of nitrogens with one attached hydrogen (secondary N) is 2. The fraction of sp³-hybridized carbons (Fsp3) is 0.421. The average Bonchev–Trinajstić information content (AvgIpc) is 3.17. The first kappa shape index (κ1) is 33.6. The van der Waals surface area contributed by atoms with Crippen LogP contribution in [-0.4, -0.2) is 84.8 Å². The van der Waals surface area contributed by atoms with Crippen LogP contribution < -0.4 is 20.4 Å². The van der Waals surface area contributed by atoms with Crippen molar-refractivity contribution in [1.82, 2.24) is 20.4 Å². The van der Waals surface area contributed by atoms with E-state index in [0.29, 0.717) is 11.6 Å². The molecule has 4 aromatic rings. The molecule has 50 heavy (non-hydrogen) atoms. The minimum Gasteiger partial charge on any atom is -0.378 e. The van der Waals surface area contributed by atoms with Gasteiger partial charge in [0.05, 0.1) is 50.7 Å². The number of amides is 2. The molecule has 0 bridgehead atoms. The van der Waals surface area contributed by atoms with Gasteiger partial charge in [0.2, 0.25) is 11.8 Å². The van der Waals surface area contributed by atoms with E-state index in [-0.39, 0.29) is 36.5 Å². The highest BCUT2D eigenvalue weighted by Gasteiger charge is 2.27. The second-order valence-electron chi connectivity index (χ2n) is 13.2. The van der Waals surface area contributed by atoms with Crippen molar-refractivity contribution in [2.75, 3.05) is 73.0 Å². The Morgan fingerprint density at radius 1 is 0.580 bits per heavy atom. The van der Waals surface area contributed by atoms with Crippen molar-refractivity contribution in [3.05, 3.63) is 95.3 Å². The molecule has 0 radical (unpaired) electrons. The van der Waals surface area contributed by atoms with Gasteiger partial charge in [-0.05, 0) is 78.9 Å². The summed E-state index contributed by atoms with van der Waals surface area (Å²) in [5, 5.41) is 23.4. The lowest BCUT2D eigenvalue weighted by Gasteiger charge is -2.28. The van der Waals surface area contributed by atoms with E-state index in [1.54, 1.807) is 0 Å². The molecule has 1 saturated carbocycles. The molecule has 0 unspecified atom stereocenters. The fourth-order valence-electron chi connectivity index (χ4n) is 7.02. The Hall–Kier alpha value is -4.94. The van der Waals surface area contributed by atoms with Gasteiger partial charge in [-0.15, -0.1) is 10.2 Å². The van der Waals surface area contributed by atoms with E-state index in [1.807, 2.05) is 48.5 Å². The van der Waals surface area contributed by atoms with Crippen LogP contribution >= 0.6 is 0 Å². The highest BCUT2D eigenvalue weighted by Crippen LogP contribution is 2.40. The number of aromatic nitrogens is 4. The summed E-state index contributed by atoms with van der Waals surface area (Å²) in [4.78, 5) is 30.1. The maximum absolute atomic E-state index is 12.7. The van der Waals surface area contributed by atoms with Gasteiger partial charge in [-0.25, -0.2) is 0 Å². The molecule has 2 aliphatic heterocycles. The molecular formula is C38H44N8O4. The lowest BCUT2D eigenvalue weighted by Crippen LogP contribution is -2.36. The zero-order valence-electron chi connectivity index (χ0n) is 28.3. The second-order valence-corrected chi connectivity index (χ2v) is 13.2. The fourth-order valence-corrected chi connectivity index (χ4v) is 7.02. The number of carbonyl (C=O) groups is 2. The van der Waals surface area contributed by atoms with Gasteiger partial charge in [0, 0.05) is 49.4 Å². The zero-order valence-corrected chi connectivity index (χ0v) is 28.3. The van der Waals surface area contributed by atoms with Crippen LogP contribution in [0.1, 0.15) is 60.0 Å². The summed E-state index contributed by atoms with van der Waals surface area (Å²) in [6.07, 6.45) is 4.51. The number of hydrogen-bond donors (Lipinski definition) is 2. The van der Waals surface area contributed by atoms with Gasteiger partial charge >= 0.3 is 0 Å². The van der Waals surface area contributed by atoms with E-state index < -0.39 is 0 Å². The van der Waals surface area contributed by atoms with Gasteiger partial charge in [-0.2, -0.15) is 10.2 Å². The Morgan fingerprint density at radius 2 is 1.00 bits per heavy atom. The Balaban J connectivity index is 0.870. The monoisotopic (exact) mass is 676 g/mol. The van der Waals surface area contributed by atoms with Gasteiger partial charge in [0.25, 0.3) is 0 Å². The maximum atomic E-state index is 12.7. The number of morpholine rings is 2. The van der Waals surface area contributed by atoms with Crippen LogP contribution in [0.5, 0.6) is 0 Å². The molecular weight excluding hydrogens is 632 g/mol. The number of anilines is 4. The van der Waals surface area contributed by atoms with E-state index in [9.17, 15) is 9.59 Å². The van der Waals surface area contributed by atoms with Crippen molar-refractivity contribution in [2.45, 2.75) is 50.4 Å². The van der Waals surface area contributed by atoms with E-state index in [2.05, 4.69) is 65.1 Å². The average molecular weight is 677 g/mol. The zero-order chi connectivity index (χ0) is 34.1. The van der Waals surface area contributed by atoms with Crippen molar-refractivity contribution >= 4 is 34.8 Å². The SMILES string of the molecule is O=C(Cc1ccc(N2CCOCC2)cc1)Nc1ccc([C@H]2CCC[C@H](c3ccc(NC(=O)Cc4ccc(N5CCOCC5)cc4)nn3)C2)nn1. The predicted molar refractivity (Wildman–Crippen MR) is 192 cm³/mol. The summed E-state index contributed by atoms with van der Waals surface area (Å²) in [6.45, 7) is 6.48. The molecule has 7 rings (SSSR count). The van der Waals surface area contributed by atoms with Gasteiger partial charge in [0.1, 0.15) is 0 Å². The van der Waals surface area contributed by atoms with Crippen LogP contribution in [0, 0.1) is 0 Å². The van der Waals surface area contributed by atoms with Crippen LogP contribution in [0.3, 0.4) is 0 Å². The Kier molecular flexibility index (Phi) is 10.9. The highest BCUT2D eigenvalue weighted by atomic mass is 16.5. The summed E-state index contributed by atoms with van der Waals surface area (Å²) < 4.78 is 10.9. The maximum Gasteiger partial charge on any atom is 0.229 e. The smallest absolute Gasteiger partial charge is 0.229 e. The second kappa shape index (κ2) is 16.2. The van der Waals surface area contributed by atoms with Crippen molar-refractivity contribution in [1.29, 1.82) is 0 Å². The molecule has 3 fully saturated rings. The number of nitrogens with zero attached hydrogens (tertiary/aromatic N) is 6. The lowest BCUT2D eigenvalue weighted by molar-refractivity contribution is -0.116. The number of carbonyl (C=O) groups excluding carboxylic acids is 2. The molecule has 3 aliphatic rings. The minimum atomic E-state index is -0.125. The largest absolute Gasteiger partial charge is 0.378 e. The molecule has 2 amide bonds. The number of hydrogen-bond acceptors (Lipinski definition) is 10. The third kappa shape index (κ3) is 8.80. The van der Waals surface area contributed by atoms with Gasteiger partial charge in [-0.1, -0.05) is 30.7 Å². The summed E-state index contributed by atoms with van der Waals surface area (Å²) in [5.41, 5.74) is 6.02. The Morgan fingerprint density at radius 3 is 1.38 bits per heavy atom. The standard InChI is InChI=1S/C38H44N8O4/c47-37(24-27-4-8-31(9-5-27)45-16-20-49-21-17-45)39-35-14-12-33(41-43-35)29-2-1-3-30(26-29)34-13-15-36(44-42-34)40-38(48)25-28-6-10-32(11-7-28)46-18-22-50-23-19-46/h4-15,29-30H,1-3,16-26H2,(H,39,43,47)(H,40,44,48)/t29-,30-/m0/s1. The molecule has 2 aromatic carbocycles. The molecule has 4 heterocycles. The van der Waals surface area contributed by atoms with Crippen molar-refractivity contribution in [3.63, 3.8) is 0 Å². The van der Waals surface area contributed by atoms with Crippen LogP contribution in [0.4, 0.5) is 23.0 Å². The van der Waals surface area contributed by atoms with Crippen LogP contribution in [-0.2, 0) is 31.9 Å². The summed E-state index contributed by atoms with van der Waals surface area (Å²) in [7, 11) is 0. The third-order valence-electron chi connectivity index (χ3n) is 9.77. The molecule has 12 nitrogen and oxygen atoms in total. The molecule has 2 aromatic heterocycles. The first-order valence-corrected chi connectivity index (χ1v) is 17.7. The number of rotatable bonds is 10. The van der Waals surface area contributed by atoms with E-state index in [0.717, 1.165) is 112 Å². The van der Waals surface area contributed by atoms with Crippen molar-refractivity contribution in [2.24, 2.45) is 0 Å². The van der Waals surface area contributed by atoms with Crippen molar-refractivity contribution in [3.8, 4) is 0 Å². The van der Waals surface area contributed by atoms with Gasteiger partial charge < -0.3 is 29.9 Å². The van der Waals surface area contributed by atoms with E-state index in [4.69, 9.17) is 9.47 Å². The molecule has 2 atom stereocenters. The Bertz CT molecular complexity index is 1580. The van der Waals surface area contributed by atoms with Gasteiger partial charge in [0.15, 0.2) is 11.6 Å². The van der Waals surface area contributed by atoms with Crippen LogP contribution in [0.25, 0.3) is 0 Å². The first-order valence-electron chi connectivity index (χ1n) is 17.7. The van der Waals surface area contributed by atoms with Crippen LogP contribution in [0.15, 0.2) is 72.8 Å². The minimum absolute atomic E-state index is 0.125. The summed E-state index contributed by atoms with van der Waals surface area (Å²) in [6, 6.07) is 23.8. The summed E-state index contributed by atoms with van der Waals surface area (Å²) >= 11 is 0. The summed E-state index contributed by atoms with van der Waals surface area (Å²) in [5.74, 6) is 1.13. The molecule has 2 saturated heterocycles. The number of benzene rings is 2.